The highest BCUT2D eigenvalue weighted by Gasteiger charge is 2.48. The van der Waals surface area contributed by atoms with Crippen LogP contribution in [0.15, 0.2) is 35.2 Å². The maximum Gasteiger partial charge on any atom is 0.243 e. The molecule has 0 aliphatic carbocycles. The lowest BCUT2D eigenvalue weighted by Crippen LogP contribution is -2.56. The van der Waals surface area contributed by atoms with E-state index in [1.165, 1.54) is 0 Å². The van der Waals surface area contributed by atoms with Gasteiger partial charge in [0, 0.05) is 38.1 Å². The Labute approximate surface area is 121 Å². The van der Waals surface area contributed by atoms with Crippen molar-refractivity contribution in [2.45, 2.75) is 24.8 Å². The number of benzene rings is 1. The highest BCUT2D eigenvalue weighted by molar-refractivity contribution is 7.89. The standard InChI is InChI=1S/C15H22N2O2S/c1-12(2)8-16-9-13-10-17(11-15(13)16)20(18,19)14-6-4-3-5-7-14/h3-7,12-13,15H,8-11H2,1-2H3. The first kappa shape index (κ1) is 14.0. The van der Waals surface area contributed by atoms with Gasteiger partial charge >= 0.3 is 0 Å². The van der Waals surface area contributed by atoms with Crippen molar-refractivity contribution in [3.63, 3.8) is 0 Å². The monoisotopic (exact) mass is 294 g/mol. The van der Waals surface area contributed by atoms with E-state index in [9.17, 15) is 8.42 Å². The third-order valence-corrected chi connectivity index (χ3v) is 6.14. The van der Waals surface area contributed by atoms with Crippen LogP contribution in [0, 0.1) is 11.8 Å². The van der Waals surface area contributed by atoms with E-state index in [1.54, 1.807) is 28.6 Å². The molecule has 0 aromatic heterocycles. The Balaban J connectivity index is 1.72. The second-order valence-electron chi connectivity index (χ2n) is 6.31. The van der Waals surface area contributed by atoms with Crippen LogP contribution in [0.1, 0.15) is 13.8 Å². The number of fused-ring (bicyclic) bond motifs is 1. The second-order valence-corrected chi connectivity index (χ2v) is 8.25. The van der Waals surface area contributed by atoms with Gasteiger partial charge in [-0.15, -0.1) is 0 Å². The molecule has 2 unspecified atom stereocenters. The molecule has 3 rings (SSSR count). The molecule has 110 valence electrons. The lowest BCUT2D eigenvalue weighted by atomic mass is 9.91. The van der Waals surface area contributed by atoms with Crippen LogP contribution in [-0.4, -0.2) is 49.8 Å². The van der Waals surface area contributed by atoms with E-state index in [0.29, 0.717) is 35.9 Å². The Morgan fingerprint density at radius 2 is 1.85 bits per heavy atom. The summed E-state index contributed by atoms with van der Waals surface area (Å²) in [5, 5.41) is 0. The molecule has 0 radical (unpaired) electrons. The van der Waals surface area contributed by atoms with Gasteiger partial charge in [-0.1, -0.05) is 32.0 Å². The molecule has 5 heteroatoms. The van der Waals surface area contributed by atoms with E-state index in [2.05, 4.69) is 18.7 Å². The van der Waals surface area contributed by atoms with Crippen LogP contribution in [0.5, 0.6) is 0 Å². The minimum Gasteiger partial charge on any atom is -0.298 e. The summed E-state index contributed by atoms with van der Waals surface area (Å²) in [6, 6.07) is 9.20. The Kier molecular flexibility index (Phi) is 3.60. The molecule has 0 N–H and O–H groups in total. The molecule has 0 spiro atoms. The van der Waals surface area contributed by atoms with Crippen LogP contribution in [0.2, 0.25) is 0 Å². The van der Waals surface area contributed by atoms with E-state index in [1.807, 2.05) is 6.07 Å². The van der Waals surface area contributed by atoms with E-state index in [4.69, 9.17) is 0 Å². The third kappa shape index (κ3) is 2.38. The Hall–Kier alpha value is -0.910. The molecule has 2 atom stereocenters. The fraction of sp³-hybridized carbons (Fsp3) is 0.600. The number of hydrogen-bond acceptors (Lipinski definition) is 3. The molecule has 2 saturated heterocycles. The van der Waals surface area contributed by atoms with Gasteiger partial charge < -0.3 is 0 Å². The molecule has 0 amide bonds. The maximum atomic E-state index is 12.6. The molecule has 2 aliphatic rings. The molecule has 1 aromatic carbocycles. The quantitative estimate of drug-likeness (QED) is 0.848. The smallest absolute Gasteiger partial charge is 0.243 e. The molecule has 0 saturated carbocycles. The predicted octanol–water partition coefficient (Wildman–Crippen LogP) is 1.65. The number of rotatable bonds is 4. The van der Waals surface area contributed by atoms with E-state index in [0.717, 1.165) is 13.1 Å². The summed E-state index contributed by atoms with van der Waals surface area (Å²) in [6.45, 7) is 7.86. The number of sulfonamides is 1. The summed E-state index contributed by atoms with van der Waals surface area (Å²) < 4.78 is 26.8. The zero-order valence-electron chi connectivity index (χ0n) is 12.1. The minimum atomic E-state index is -3.31. The molecule has 1 aromatic rings. The summed E-state index contributed by atoms with van der Waals surface area (Å²) in [5.41, 5.74) is 0. The molecule has 0 bridgehead atoms. The summed E-state index contributed by atoms with van der Waals surface area (Å²) in [5.74, 6) is 1.16. The van der Waals surface area contributed by atoms with Crippen molar-refractivity contribution in [3.05, 3.63) is 30.3 Å². The number of likely N-dealkylation sites (tertiary alicyclic amines) is 1. The van der Waals surface area contributed by atoms with Gasteiger partial charge in [-0.3, -0.25) is 4.90 Å². The van der Waals surface area contributed by atoms with Crippen molar-refractivity contribution in [1.82, 2.24) is 9.21 Å². The van der Waals surface area contributed by atoms with Gasteiger partial charge in [0.25, 0.3) is 0 Å². The Bertz CT molecular complexity index is 571. The van der Waals surface area contributed by atoms with Crippen LogP contribution in [0.3, 0.4) is 0 Å². The summed E-state index contributed by atoms with van der Waals surface area (Å²) in [7, 11) is -3.31. The fourth-order valence-electron chi connectivity index (χ4n) is 3.32. The normalized spacial score (nSPS) is 27.6. The maximum absolute atomic E-state index is 12.6. The van der Waals surface area contributed by atoms with E-state index in [-0.39, 0.29) is 0 Å². The summed E-state index contributed by atoms with van der Waals surface area (Å²) >= 11 is 0. The van der Waals surface area contributed by atoms with Crippen LogP contribution in [0.4, 0.5) is 0 Å². The van der Waals surface area contributed by atoms with Crippen LogP contribution >= 0.6 is 0 Å². The third-order valence-electron chi connectivity index (χ3n) is 4.29. The van der Waals surface area contributed by atoms with Gasteiger partial charge in [0.15, 0.2) is 0 Å². The van der Waals surface area contributed by atoms with Crippen LogP contribution in [-0.2, 0) is 10.0 Å². The SMILES string of the molecule is CC(C)CN1CC2CN(S(=O)(=O)c3ccccc3)CC21. The predicted molar refractivity (Wildman–Crippen MR) is 78.9 cm³/mol. The summed E-state index contributed by atoms with van der Waals surface area (Å²) in [4.78, 5) is 2.84. The molecular formula is C15H22N2O2S. The van der Waals surface area contributed by atoms with Crippen molar-refractivity contribution in [2.24, 2.45) is 11.8 Å². The molecule has 2 aliphatic heterocycles. The van der Waals surface area contributed by atoms with Crippen LogP contribution in [0.25, 0.3) is 0 Å². The van der Waals surface area contributed by atoms with Crippen molar-refractivity contribution in [1.29, 1.82) is 0 Å². The minimum absolute atomic E-state index is 0.414. The van der Waals surface area contributed by atoms with Gasteiger partial charge in [-0.2, -0.15) is 4.31 Å². The van der Waals surface area contributed by atoms with Gasteiger partial charge in [0.05, 0.1) is 4.90 Å². The highest BCUT2D eigenvalue weighted by atomic mass is 32.2. The van der Waals surface area contributed by atoms with Crippen LogP contribution < -0.4 is 0 Å². The van der Waals surface area contributed by atoms with Gasteiger partial charge in [-0.05, 0) is 18.1 Å². The van der Waals surface area contributed by atoms with Crippen molar-refractivity contribution in [3.8, 4) is 0 Å². The van der Waals surface area contributed by atoms with E-state index >= 15 is 0 Å². The topological polar surface area (TPSA) is 40.6 Å². The van der Waals surface area contributed by atoms with Gasteiger partial charge in [-0.25, -0.2) is 8.42 Å². The van der Waals surface area contributed by atoms with Crippen molar-refractivity contribution < 1.29 is 8.42 Å². The number of nitrogens with zero attached hydrogens (tertiary/aromatic N) is 2. The molecule has 4 nitrogen and oxygen atoms in total. The molecule has 2 heterocycles. The lowest BCUT2D eigenvalue weighted by molar-refractivity contribution is 0.0403. The van der Waals surface area contributed by atoms with E-state index < -0.39 is 10.0 Å². The number of hydrogen-bond donors (Lipinski definition) is 0. The van der Waals surface area contributed by atoms with Gasteiger partial charge in [0.1, 0.15) is 0 Å². The highest BCUT2D eigenvalue weighted by Crippen LogP contribution is 2.35. The Morgan fingerprint density at radius 3 is 2.50 bits per heavy atom. The fourth-order valence-corrected chi connectivity index (χ4v) is 4.86. The Morgan fingerprint density at radius 1 is 1.15 bits per heavy atom. The largest absolute Gasteiger partial charge is 0.298 e. The first-order valence-corrected chi connectivity index (χ1v) is 8.71. The van der Waals surface area contributed by atoms with Crippen molar-refractivity contribution in [2.75, 3.05) is 26.2 Å². The zero-order chi connectivity index (χ0) is 14.3. The second kappa shape index (κ2) is 5.13. The van der Waals surface area contributed by atoms with Gasteiger partial charge in [0.2, 0.25) is 10.0 Å². The molecule has 20 heavy (non-hydrogen) atoms. The lowest BCUT2D eigenvalue weighted by Gasteiger charge is -2.44. The summed E-state index contributed by atoms with van der Waals surface area (Å²) in [6.07, 6.45) is 0. The average Bonchev–Trinajstić information content (AvgIpc) is 2.75. The first-order valence-electron chi connectivity index (χ1n) is 7.27. The zero-order valence-corrected chi connectivity index (χ0v) is 12.9. The first-order chi connectivity index (χ1) is 9.48. The molecule has 2 fully saturated rings. The van der Waals surface area contributed by atoms with Crippen molar-refractivity contribution >= 4 is 10.0 Å². The molecular weight excluding hydrogens is 272 g/mol. The average molecular weight is 294 g/mol.